The molecule has 0 aromatic rings. The molecular weight excluding hydrogens is 512 g/mol. The van der Waals surface area contributed by atoms with E-state index in [1.807, 2.05) is 39.8 Å². The van der Waals surface area contributed by atoms with Crippen molar-refractivity contribution in [2.75, 3.05) is 0 Å². The van der Waals surface area contributed by atoms with Crippen LogP contribution in [0.5, 0.6) is 0 Å². The van der Waals surface area contributed by atoms with Gasteiger partial charge in [0.25, 0.3) is 0 Å². The fourth-order valence-electron chi connectivity index (χ4n) is 10.9. The molecule has 5 aliphatic carbocycles. The van der Waals surface area contributed by atoms with Crippen molar-refractivity contribution in [2.24, 2.45) is 51.8 Å². The van der Waals surface area contributed by atoms with E-state index in [0.29, 0.717) is 24.8 Å². The average molecular weight is 551 g/mol. The van der Waals surface area contributed by atoms with E-state index in [4.69, 9.17) is 14.2 Å². The Bertz CT molecular complexity index is 1340. The van der Waals surface area contributed by atoms with Crippen LogP contribution in [0.15, 0.2) is 36.0 Å². The van der Waals surface area contributed by atoms with Crippen molar-refractivity contribution in [2.45, 2.75) is 84.2 Å². The highest BCUT2D eigenvalue weighted by molar-refractivity contribution is 5.96. The third-order valence-corrected chi connectivity index (χ3v) is 12.5. The predicted octanol–water partition coefficient (Wildman–Crippen LogP) is 3.47. The molecule has 8 nitrogen and oxygen atoms in total. The molecule has 214 valence electrons. The molecular formula is C32H38O8. The first-order chi connectivity index (χ1) is 18.7. The molecule has 0 aromatic carbocycles. The smallest absolute Gasteiger partial charge is 0.334 e. The Hall–Kier alpha value is -2.74. The van der Waals surface area contributed by atoms with Crippen molar-refractivity contribution < 1.29 is 38.5 Å². The second-order valence-electron chi connectivity index (χ2n) is 14.2. The number of carbonyl (C=O) groups is 4. The number of esters is 3. The maximum Gasteiger partial charge on any atom is 0.334 e. The summed E-state index contributed by atoms with van der Waals surface area (Å²) in [4.78, 5) is 53.0. The van der Waals surface area contributed by atoms with Crippen molar-refractivity contribution in [3.05, 3.63) is 36.0 Å². The van der Waals surface area contributed by atoms with Gasteiger partial charge in [-0.1, -0.05) is 38.2 Å². The summed E-state index contributed by atoms with van der Waals surface area (Å²) in [6.45, 7) is 13.2. The summed E-state index contributed by atoms with van der Waals surface area (Å²) >= 11 is 0. The van der Waals surface area contributed by atoms with Gasteiger partial charge in [0.05, 0.1) is 16.9 Å². The molecule has 8 heteroatoms. The predicted molar refractivity (Wildman–Crippen MR) is 141 cm³/mol. The first-order valence-corrected chi connectivity index (χ1v) is 14.6. The second-order valence-corrected chi connectivity index (χ2v) is 14.2. The van der Waals surface area contributed by atoms with E-state index in [9.17, 15) is 24.3 Å². The van der Waals surface area contributed by atoms with Crippen LogP contribution in [0.1, 0.15) is 60.3 Å². The normalized spacial score (nSPS) is 53.8. The lowest BCUT2D eigenvalue weighted by atomic mass is 9.54. The van der Waals surface area contributed by atoms with E-state index in [2.05, 4.69) is 6.58 Å². The van der Waals surface area contributed by atoms with Crippen LogP contribution in [0.2, 0.25) is 0 Å². The van der Waals surface area contributed by atoms with Crippen LogP contribution < -0.4 is 0 Å². The van der Waals surface area contributed by atoms with Crippen LogP contribution in [0, 0.1) is 51.8 Å². The summed E-state index contributed by atoms with van der Waals surface area (Å²) in [6.07, 6.45) is 5.63. The number of ketones is 1. The number of hydrogen-bond donors (Lipinski definition) is 1. The Kier molecular flexibility index (Phi) is 5.07. The minimum atomic E-state index is -1.19. The molecule has 0 radical (unpaired) electrons. The lowest BCUT2D eigenvalue weighted by molar-refractivity contribution is -0.162. The minimum Gasteiger partial charge on any atom is -0.462 e. The van der Waals surface area contributed by atoms with E-state index in [0.717, 1.165) is 5.57 Å². The quantitative estimate of drug-likeness (QED) is 0.228. The van der Waals surface area contributed by atoms with Gasteiger partial charge in [-0.3, -0.25) is 14.4 Å². The molecule has 2 bridgehead atoms. The van der Waals surface area contributed by atoms with E-state index < -0.39 is 63.9 Å². The Morgan fingerprint density at radius 2 is 1.85 bits per heavy atom. The van der Waals surface area contributed by atoms with Crippen LogP contribution in [-0.4, -0.2) is 52.7 Å². The number of rotatable bonds is 1. The summed E-state index contributed by atoms with van der Waals surface area (Å²) < 4.78 is 18.5. The minimum absolute atomic E-state index is 0.0270. The van der Waals surface area contributed by atoms with Gasteiger partial charge in [0.2, 0.25) is 0 Å². The van der Waals surface area contributed by atoms with Gasteiger partial charge in [0.1, 0.15) is 18.3 Å². The maximum atomic E-state index is 14.5. The van der Waals surface area contributed by atoms with Gasteiger partial charge in [-0.15, -0.1) is 0 Å². The van der Waals surface area contributed by atoms with Crippen molar-refractivity contribution in [1.82, 2.24) is 0 Å². The molecule has 7 aliphatic rings. The molecule has 13 atom stereocenters. The van der Waals surface area contributed by atoms with Crippen LogP contribution in [-0.2, 0) is 33.4 Å². The second kappa shape index (κ2) is 7.75. The highest BCUT2D eigenvalue weighted by atomic mass is 16.6. The van der Waals surface area contributed by atoms with Gasteiger partial charge in [0, 0.05) is 47.0 Å². The molecule has 0 amide bonds. The number of allylic oxidation sites excluding steroid dienone is 2. The summed E-state index contributed by atoms with van der Waals surface area (Å²) in [5.74, 6) is -3.15. The largest absolute Gasteiger partial charge is 0.462 e. The first kappa shape index (κ1) is 26.2. The van der Waals surface area contributed by atoms with Gasteiger partial charge < -0.3 is 19.3 Å². The van der Waals surface area contributed by atoms with E-state index in [1.165, 1.54) is 6.92 Å². The Morgan fingerprint density at radius 1 is 1.12 bits per heavy atom. The molecule has 1 N–H and O–H groups in total. The Morgan fingerprint density at radius 3 is 2.55 bits per heavy atom. The van der Waals surface area contributed by atoms with Crippen molar-refractivity contribution >= 4 is 23.7 Å². The van der Waals surface area contributed by atoms with Gasteiger partial charge in [-0.25, -0.2) is 4.79 Å². The third-order valence-electron chi connectivity index (χ3n) is 12.5. The fraction of sp³-hybridized carbons (Fsp3) is 0.688. The zero-order valence-corrected chi connectivity index (χ0v) is 23.8. The lowest BCUT2D eigenvalue weighted by Gasteiger charge is -2.46. The van der Waals surface area contributed by atoms with Gasteiger partial charge in [0.15, 0.2) is 5.78 Å². The van der Waals surface area contributed by atoms with Crippen LogP contribution in [0.3, 0.4) is 0 Å². The van der Waals surface area contributed by atoms with Crippen LogP contribution in [0.25, 0.3) is 0 Å². The standard InChI is InChI=1S/C32H38O8/c1-14-11-19(34)21-15(2)12-20(38-17(4)33)23-25(22(14)21)40-28(36)32(23)13-31-10-9-29(32,5)26(31)24-18(7-8-30(31,6)37)16(3)27(35)39-24/h9-11,15,18,20-26,37H,3,7-8,12-13H2,1-2,4-6H3/t15?,18-,20?,21?,22-,23?,24-,25+,26-,29+,30+,31?,32+/m0/s1. The van der Waals surface area contributed by atoms with E-state index in [1.54, 1.807) is 6.08 Å². The summed E-state index contributed by atoms with van der Waals surface area (Å²) in [5.41, 5.74) is -2.78. The molecule has 1 spiro atoms. The summed E-state index contributed by atoms with van der Waals surface area (Å²) in [6, 6.07) is 0. The molecule has 2 heterocycles. The topological polar surface area (TPSA) is 116 Å². The molecule has 0 aromatic heterocycles. The molecule has 7 rings (SSSR count). The fourth-order valence-corrected chi connectivity index (χ4v) is 10.9. The number of hydrogen-bond acceptors (Lipinski definition) is 8. The monoisotopic (exact) mass is 550 g/mol. The van der Waals surface area contributed by atoms with Crippen LogP contribution >= 0.6 is 0 Å². The molecule has 40 heavy (non-hydrogen) atoms. The van der Waals surface area contributed by atoms with Gasteiger partial charge >= 0.3 is 17.9 Å². The number of fused-ring (bicyclic) bond motifs is 6. The number of ether oxygens (including phenoxy) is 3. The molecule has 3 saturated carbocycles. The van der Waals surface area contributed by atoms with E-state index >= 15 is 0 Å². The van der Waals surface area contributed by atoms with Crippen LogP contribution in [0.4, 0.5) is 0 Å². The summed E-state index contributed by atoms with van der Waals surface area (Å²) in [5, 5.41) is 12.2. The first-order valence-electron chi connectivity index (χ1n) is 14.6. The van der Waals surface area contributed by atoms with Gasteiger partial charge in [-0.2, -0.15) is 0 Å². The highest BCUT2D eigenvalue weighted by Gasteiger charge is 2.84. The molecule has 5 unspecified atom stereocenters. The average Bonchev–Trinajstić information content (AvgIpc) is 3.53. The molecule has 2 saturated heterocycles. The lowest BCUT2D eigenvalue weighted by Crippen LogP contribution is -2.53. The van der Waals surface area contributed by atoms with Crippen molar-refractivity contribution in [3.63, 3.8) is 0 Å². The third kappa shape index (κ3) is 2.77. The Labute approximate surface area is 234 Å². The zero-order valence-electron chi connectivity index (χ0n) is 23.8. The zero-order chi connectivity index (χ0) is 28.7. The van der Waals surface area contributed by atoms with Crippen molar-refractivity contribution in [3.8, 4) is 0 Å². The molecule has 5 fully saturated rings. The van der Waals surface area contributed by atoms with E-state index in [-0.39, 0.29) is 41.8 Å². The summed E-state index contributed by atoms with van der Waals surface area (Å²) in [7, 11) is 0. The maximum absolute atomic E-state index is 14.5. The van der Waals surface area contributed by atoms with Gasteiger partial charge in [-0.05, 0) is 51.5 Å². The van der Waals surface area contributed by atoms with Crippen molar-refractivity contribution in [1.29, 1.82) is 0 Å². The molecule has 2 aliphatic heterocycles. The SMILES string of the molecule is C=C1C(=O)O[C@@H]2[C@@H]3C4(C=C[C@@]3(C)[C@@]3(C4)C(=O)O[C@H]4C3C(OC(C)=O)CC(C)C3C(=O)C=C(C)[C@@H]34)[C@](C)(O)CC[C@@H]12. The highest BCUT2D eigenvalue weighted by Crippen LogP contribution is 2.80. The Balaban J connectivity index is 1.44. The number of carbonyl (C=O) groups excluding carboxylic acids is 4. The number of aliphatic hydroxyl groups is 1.